The minimum absolute atomic E-state index is 0.0134. The molecule has 96 valence electrons. The van der Waals surface area contributed by atoms with E-state index in [0.29, 0.717) is 6.42 Å². The van der Waals surface area contributed by atoms with Gasteiger partial charge in [-0.1, -0.05) is 0 Å². The van der Waals surface area contributed by atoms with E-state index in [1.54, 1.807) is 0 Å². The first-order chi connectivity index (χ1) is 8.68. The first-order valence-corrected chi connectivity index (χ1v) is 6.35. The van der Waals surface area contributed by atoms with E-state index in [1.807, 2.05) is 23.2 Å². The number of amides is 1. The summed E-state index contributed by atoms with van der Waals surface area (Å²) in [7, 11) is 0. The lowest BCUT2D eigenvalue weighted by molar-refractivity contribution is -0.142. The lowest BCUT2D eigenvalue weighted by Gasteiger charge is -2.24. The molecule has 1 aromatic rings. The zero-order valence-corrected chi connectivity index (χ0v) is 10.0. The number of nitrogens with one attached hydrogen (secondary N) is 1. The number of aromatic nitrogens is 1. The van der Waals surface area contributed by atoms with Crippen LogP contribution in [0.5, 0.6) is 0 Å². The van der Waals surface area contributed by atoms with Crippen LogP contribution < -0.4 is 0 Å². The van der Waals surface area contributed by atoms with Gasteiger partial charge in [0, 0.05) is 18.4 Å². The van der Waals surface area contributed by atoms with E-state index in [4.69, 9.17) is 5.11 Å². The highest BCUT2D eigenvalue weighted by molar-refractivity contribution is 5.89. The van der Waals surface area contributed by atoms with Crippen LogP contribution in [0.2, 0.25) is 0 Å². The molecule has 18 heavy (non-hydrogen) atoms. The number of carboxylic acid groups (broad SMARTS) is 1. The summed E-state index contributed by atoms with van der Waals surface area (Å²) in [6.07, 6.45) is 4.30. The Hall–Kier alpha value is -1.78. The van der Waals surface area contributed by atoms with Crippen molar-refractivity contribution in [2.75, 3.05) is 6.54 Å². The van der Waals surface area contributed by atoms with Crippen molar-refractivity contribution in [2.24, 2.45) is 11.8 Å². The lowest BCUT2D eigenvalue weighted by Crippen LogP contribution is -2.32. The van der Waals surface area contributed by atoms with E-state index in [1.165, 1.54) is 0 Å². The molecule has 0 radical (unpaired) electrons. The molecule has 2 heterocycles. The van der Waals surface area contributed by atoms with E-state index in [-0.39, 0.29) is 17.9 Å². The molecule has 1 aromatic heterocycles. The summed E-state index contributed by atoms with van der Waals surface area (Å²) in [4.78, 5) is 28.1. The van der Waals surface area contributed by atoms with E-state index in [0.717, 1.165) is 25.1 Å². The maximum atomic E-state index is 12.3. The normalized spacial score (nSPS) is 30.4. The third-order valence-corrected chi connectivity index (χ3v) is 3.94. The predicted octanol–water partition coefficient (Wildman–Crippen LogP) is 1.40. The van der Waals surface area contributed by atoms with Crippen molar-refractivity contribution < 1.29 is 14.7 Å². The summed E-state index contributed by atoms with van der Waals surface area (Å²) in [6, 6.07) is 4.01. The molecule has 1 unspecified atom stereocenters. The Labute approximate surface area is 105 Å². The Balaban J connectivity index is 1.72. The zero-order valence-electron chi connectivity index (χ0n) is 10.0. The summed E-state index contributed by atoms with van der Waals surface area (Å²) in [5, 5.41) is 8.89. The molecule has 2 aliphatic rings. The molecule has 1 aliphatic heterocycles. The van der Waals surface area contributed by atoms with Gasteiger partial charge in [-0.15, -0.1) is 0 Å². The third kappa shape index (κ3) is 1.79. The van der Waals surface area contributed by atoms with Gasteiger partial charge in [0.25, 0.3) is 0 Å². The van der Waals surface area contributed by atoms with Gasteiger partial charge in [-0.25, -0.2) is 0 Å². The number of carboxylic acids is 1. The van der Waals surface area contributed by atoms with Gasteiger partial charge in [-0.2, -0.15) is 0 Å². The lowest BCUT2D eigenvalue weighted by atomic mass is 10.1. The molecule has 0 spiro atoms. The second-order valence-electron chi connectivity index (χ2n) is 5.10. The zero-order chi connectivity index (χ0) is 12.7. The summed E-state index contributed by atoms with van der Waals surface area (Å²) in [5.41, 5.74) is 1.05. The van der Waals surface area contributed by atoms with E-state index >= 15 is 0 Å². The minimum Gasteiger partial charge on any atom is -0.481 e. The van der Waals surface area contributed by atoms with Crippen LogP contribution in [-0.2, 0) is 9.59 Å². The van der Waals surface area contributed by atoms with Gasteiger partial charge in [0.2, 0.25) is 5.91 Å². The topological polar surface area (TPSA) is 73.4 Å². The van der Waals surface area contributed by atoms with Gasteiger partial charge >= 0.3 is 5.97 Å². The van der Waals surface area contributed by atoms with Gasteiger partial charge in [-0.3, -0.25) is 9.59 Å². The highest BCUT2D eigenvalue weighted by atomic mass is 16.4. The van der Waals surface area contributed by atoms with E-state index in [9.17, 15) is 9.59 Å². The maximum absolute atomic E-state index is 12.3. The Bertz CT molecular complexity index is 469. The molecule has 0 bridgehead atoms. The molecule has 1 amide bonds. The molecule has 2 N–H and O–H groups in total. The molecule has 1 saturated heterocycles. The van der Waals surface area contributed by atoms with Crippen molar-refractivity contribution in [3.8, 4) is 0 Å². The SMILES string of the molecule is O=C(O)[C@H]1C[C@H]1C(=O)N1CCCC1c1ccc[nH]1. The fourth-order valence-corrected chi connectivity index (χ4v) is 2.86. The largest absolute Gasteiger partial charge is 0.481 e. The third-order valence-electron chi connectivity index (χ3n) is 3.94. The second-order valence-corrected chi connectivity index (χ2v) is 5.10. The average molecular weight is 248 g/mol. The smallest absolute Gasteiger partial charge is 0.307 e. The second kappa shape index (κ2) is 4.15. The van der Waals surface area contributed by atoms with Crippen molar-refractivity contribution in [3.63, 3.8) is 0 Å². The number of likely N-dealkylation sites (tertiary alicyclic amines) is 1. The number of hydrogen-bond donors (Lipinski definition) is 2. The highest BCUT2D eigenvalue weighted by Gasteiger charge is 2.51. The molecule has 5 nitrogen and oxygen atoms in total. The summed E-state index contributed by atoms with van der Waals surface area (Å²) < 4.78 is 0. The molecular formula is C13H16N2O3. The van der Waals surface area contributed by atoms with Crippen molar-refractivity contribution >= 4 is 11.9 Å². The number of aromatic amines is 1. The van der Waals surface area contributed by atoms with E-state index < -0.39 is 11.9 Å². The van der Waals surface area contributed by atoms with Crippen LogP contribution in [0.1, 0.15) is 31.0 Å². The number of hydrogen-bond acceptors (Lipinski definition) is 2. The highest BCUT2D eigenvalue weighted by Crippen LogP contribution is 2.43. The standard InChI is InChI=1S/C13H16N2O3/c16-12(8-7-9(8)13(17)18)15-6-2-4-11(15)10-3-1-5-14-10/h1,3,5,8-9,11,14H,2,4,6-7H2,(H,17,18)/t8-,9+,11?/m1/s1. The number of carbonyl (C=O) groups excluding carboxylic acids is 1. The molecule has 3 rings (SSSR count). The van der Waals surface area contributed by atoms with Crippen LogP contribution in [0.15, 0.2) is 18.3 Å². The fourth-order valence-electron chi connectivity index (χ4n) is 2.86. The average Bonchev–Trinajstić information content (AvgIpc) is 2.78. The minimum atomic E-state index is -0.844. The van der Waals surface area contributed by atoms with Crippen LogP contribution in [0, 0.1) is 11.8 Å². The van der Waals surface area contributed by atoms with Crippen LogP contribution in [0.4, 0.5) is 0 Å². The maximum Gasteiger partial charge on any atom is 0.307 e. The van der Waals surface area contributed by atoms with Crippen LogP contribution in [-0.4, -0.2) is 33.4 Å². The summed E-state index contributed by atoms with van der Waals surface area (Å²) in [6.45, 7) is 0.741. The Morgan fingerprint density at radius 3 is 2.83 bits per heavy atom. The van der Waals surface area contributed by atoms with Crippen LogP contribution in [0.3, 0.4) is 0 Å². The molecular weight excluding hydrogens is 232 g/mol. The monoisotopic (exact) mass is 248 g/mol. The van der Waals surface area contributed by atoms with Gasteiger partial charge < -0.3 is 15.0 Å². The predicted molar refractivity (Wildman–Crippen MR) is 63.7 cm³/mol. The molecule has 3 atom stereocenters. The van der Waals surface area contributed by atoms with Crippen molar-refractivity contribution in [3.05, 3.63) is 24.0 Å². The van der Waals surface area contributed by atoms with Gasteiger partial charge in [-0.05, 0) is 31.4 Å². The quantitative estimate of drug-likeness (QED) is 0.849. The Kier molecular flexibility index (Phi) is 2.61. The fraction of sp³-hybridized carbons (Fsp3) is 0.538. The van der Waals surface area contributed by atoms with Crippen molar-refractivity contribution in [1.82, 2.24) is 9.88 Å². The first-order valence-electron chi connectivity index (χ1n) is 6.35. The summed E-state index contributed by atoms with van der Waals surface area (Å²) in [5.74, 6) is -1.58. The molecule has 1 saturated carbocycles. The van der Waals surface area contributed by atoms with Gasteiger partial charge in [0.05, 0.1) is 17.9 Å². The first kappa shape index (κ1) is 11.3. The van der Waals surface area contributed by atoms with Crippen LogP contribution >= 0.6 is 0 Å². The molecule has 2 fully saturated rings. The Morgan fingerprint density at radius 2 is 2.22 bits per heavy atom. The molecule has 1 aliphatic carbocycles. The van der Waals surface area contributed by atoms with E-state index in [2.05, 4.69) is 4.98 Å². The number of aliphatic carboxylic acids is 1. The van der Waals surface area contributed by atoms with Crippen molar-refractivity contribution in [2.45, 2.75) is 25.3 Å². The van der Waals surface area contributed by atoms with Gasteiger partial charge in [0.15, 0.2) is 0 Å². The molecule has 0 aromatic carbocycles. The number of carbonyl (C=O) groups is 2. The molecule has 5 heteroatoms. The van der Waals surface area contributed by atoms with Crippen LogP contribution in [0.25, 0.3) is 0 Å². The summed E-state index contributed by atoms with van der Waals surface area (Å²) >= 11 is 0. The van der Waals surface area contributed by atoms with Gasteiger partial charge in [0.1, 0.15) is 0 Å². The number of H-pyrrole nitrogens is 1. The van der Waals surface area contributed by atoms with Crippen molar-refractivity contribution in [1.29, 1.82) is 0 Å². The number of rotatable bonds is 3. The Morgan fingerprint density at radius 1 is 1.39 bits per heavy atom. The number of nitrogens with zero attached hydrogens (tertiary/aromatic N) is 1.